The van der Waals surface area contributed by atoms with Crippen molar-refractivity contribution >= 4 is 5.91 Å². The number of hydrogen-bond acceptors (Lipinski definition) is 3. The van der Waals surface area contributed by atoms with E-state index in [4.69, 9.17) is 0 Å². The molecule has 1 aliphatic heterocycles. The molecule has 5 heteroatoms. The van der Waals surface area contributed by atoms with E-state index in [-0.39, 0.29) is 5.91 Å². The second-order valence-electron chi connectivity index (χ2n) is 4.44. The lowest BCUT2D eigenvalue weighted by atomic mass is 10.1. The molecule has 0 radical (unpaired) electrons. The van der Waals surface area contributed by atoms with Gasteiger partial charge in [-0.15, -0.1) is 0 Å². The van der Waals surface area contributed by atoms with Crippen LogP contribution in [0.1, 0.15) is 42.7 Å². The fourth-order valence-corrected chi connectivity index (χ4v) is 2.05. The number of piperidine rings is 1. The Bertz CT molecular complexity index is 368. The van der Waals surface area contributed by atoms with Crippen molar-refractivity contribution in [1.29, 1.82) is 0 Å². The molecule has 1 saturated heterocycles. The van der Waals surface area contributed by atoms with Crippen LogP contribution in [0.5, 0.6) is 0 Å². The number of carbonyl (C=O) groups is 1. The number of carbonyl (C=O) groups excluding carboxylic acids is 1. The van der Waals surface area contributed by atoms with Crippen LogP contribution in [0.4, 0.5) is 0 Å². The Hall–Kier alpha value is -1.36. The third-order valence-corrected chi connectivity index (χ3v) is 3.02. The Balaban J connectivity index is 1.97. The number of amides is 1. The van der Waals surface area contributed by atoms with Crippen LogP contribution in [0.2, 0.25) is 0 Å². The Morgan fingerprint density at radius 3 is 3.29 bits per heavy atom. The first-order valence-corrected chi connectivity index (χ1v) is 6.35. The minimum Gasteiger partial charge on any atom is -0.351 e. The van der Waals surface area contributed by atoms with E-state index in [9.17, 15) is 4.79 Å². The molecule has 5 nitrogen and oxygen atoms in total. The summed E-state index contributed by atoms with van der Waals surface area (Å²) < 4.78 is 1.91. The fraction of sp³-hybridized carbons (Fsp3) is 0.667. The Labute approximate surface area is 102 Å². The second kappa shape index (κ2) is 5.82. The van der Waals surface area contributed by atoms with E-state index in [0.717, 1.165) is 25.9 Å². The highest BCUT2D eigenvalue weighted by Crippen LogP contribution is 2.15. The van der Waals surface area contributed by atoms with Crippen molar-refractivity contribution in [2.75, 3.05) is 19.6 Å². The third-order valence-electron chi connectivity index (χ3n) is 3.02. The standard InChI is InChI=1S/C12H20N4O/c1-2-6-14-12(17)11-5-8-16(15-11)10-4-3-7-13-9-10/h5,8,10,13H,2-4,6-7,9H2,1H3,(H,14,17). The normalized spacial score (nSPS) is 20.2. The number of nitrogens with zero attached hydrogens (tertiary/aromatic N) is 2. The largest absolute Gasteiger partial charge is 0.351 e. The number of nitrogens with one attached hydrogen (secondary N) is 2. The quantitative estimate of drug-likeness (QED) is 0.818. The van der Waals surface area contributed by atoms with Gasteiger partial charge in [0.1, 0.15) is 5.69 Å². The molecule has 2 N–H and O–H groups in total. The van der Waals surface area contributed by atoms with Crippen molar-refractivity contribution in [2.45, 2.75) is 32.2 Å². The molecule has 1 aliphatic rings. The minimum atomic E-state index is -0.0747. The molecule has 1 fully saturated rings. The maximum Gasteiger partial charge on any atom is 0.271 e. The average Bonchev–Trinajstić information content (AvgIpc) is 2.86. The molecule has 0 aliphatic carbocycles. The van der Waals surface area contributed by atoms with E-state index in [1.54, 1.807) is 6.07 Å². The Morgan fingerprint density at radius 1 is 1.71 bits per heavy atom. The average molecular weight is 236 g/mol. The van der Waals surface area contributed by atoms with Crippen molar-refractivity contribution in [2.24, 2.45) is 0 Å². The molecule has 0 bridgehead atoms. The highest BCUT2D eigenvalue weighted by atomic mass is 16.1. The summed E-state index contributed by atoms with van der Waals surface area (Å²) in [6, 6.07) is 2.18. The zero-order valence-corrected chi connectivity index (χ0v) is 10.3. The van der Waals surface area contributed by atoms with Gasteiger partial charge in [-0.2, -0.15) is 5.10 Å². The summed E-state index contributed by atoms with van der Waals surface area (Å²) in [6.07, 6.45) is 5.14. The molecule has 94 valence electrons. The molecule has 1 atom stereocenters. The summed E-state index contributed by atoms with van der Waals surface area (Å²) in [5.41, 5.74) is 0.518. The van der Waals surface area contributed by atoms with E-state index in [1.807, 2.05) is 17.8 Å². The highest BCUT2D eigenvalue weighted by Gasteiger charge is 2.17. The molecule has 1 amide bonds. The summed E-state index contributed by atoms with van der Waals surface area (Å²) >= 11 is 0. The molecule has 2 rings (SSSR count). The van der Waals surface area contributed by atoms with Gasteiger partial charge in [0.15, 0.2) is 0 Å². The van der Waals surface area contributed by atoms with Crippen molar-refractivity contribution in [3.05, 3.63) is 18.0 Å². The molecule has 2 heterocycles. The smallest absolute Gasteiger partial charge is 0.271 e. The first kappa shape index (κ1) is 12.1. The van der Waals surface area contributed by atoms with Gasteiger partial charge in [-0.05, 0) is 31.9 Å². The van der Waals surface area contributed by atoms with Crippen LogP contribution < -0.4 is 10.6 Å². The van der Waals surface area contributed by atoms with Crippen molar-refractivity contribution < 1.29 is 4.79 Å². The molecular formula is C12H20N4O. The molecule has 1 aromatic heterocycles. The van der Waals surface area contributed by atoms with E-state index in [2.05, 4.69) is 15.7 Å². The lowest BCUT2D eigenvalue weighted by molar-refractivity contribution is 0.0947. The first-order chi connectivity index (χ1) is 8.31. The van der Waals surface area contributed by atoms with Crippen LogP contribution in [0, 0.1) is 0 Å². The van der Waals surface area contributed by atoms with Gasteiger partial charge in [-0.3, -0.25) is 9.48 Å². The van der Waals surface area contributed by atoms with Crippen molar-refractivity contribution in [3.63, 3.8) is 0 Å². The number of hydrogen-bond donors (Lipinski definition) is 2. The molecule has 1 unspecified atom stereocenters. The van der Waals surface area contributed by atoms with E-state index < -0.39 is 0 Å². The predicted molar refractivity (Wildman–Crippen MR) is 66.0 cm³/mol. The summed E-state index contributed by atoms with van der Waals surface area (Å²) in [5.74, 6) is -0.0747. The lowest BCUT2D eigenvalue weighted by Gasteiger charge is -2.22. The second-order valence-corrected chi connectivity index (χ2v) is 4.44. The van der Waals surface area contributed by atoms with E-state index >= 15 is 0 Å². The van der Waals surface area contributed by atoms with Crippen LogP contribution >= 0.6 is 0 Å². The summed E-state index contributed by atoms with van der Waals surface area (Å²) in [6.45, 7) is 4.77. The zero-order chi connectivity index (χ0) is 12.1. The number of rotatable bonds is 4. The van der Waals surface area contributed by atoms with Crippen LogP contribution in [0.3, 0.4) is 0 Å². The SMILES string of the molecule is CCCNC(=O)c1ccn(C2CCCNC2)n1. The van der Waals surface area contributed by atoms with E-state index in [0.29, 0.717) is 18.3 Å². The van der Waals surface area contributed by atoms with Gasteiger partial charge in [0.2, 0.25) is 0 Å². The van der Waals surface area contributed by atoms with Gasteiger partial charge in [0, 0.05) is 19.3 Å². The summed E-state index contributed by atoms with van der Waals surface area (Å²) in [7, 11) is 0. The van der Waals surface area contributed by atoms with Crippen LogP contribution in [-0.2, 0) is 0 Å². The minimum absolute atomic E-state index is 0.0747. The number of aromatic nitrogens is 2. The van der Waals surface area contributed by atoms with Gasteiger partial charge < -0.3 is 10.6 Å². The predicted octanol–water partition coefficient (Wildman–Crippen LogP) is 0.947. The molecule has 0 saturated carbocycles. The summed E-state index contributed by atoms with van der Waals surface area (Å²) in [4.78, 5) is 11.7. The van der Waals surface area contributed by atoms with Crippen molar-refractivity contribution in [3.8, 4) is 0 Å². The van der Waals surface area contributed by atoms with Gasteiger partial charge in [-0.1, -0.05) is 6.92 Å². The monoisotopic (exact) mass is 236 g/mol. The maximum absolute atomic E-state index is 11.7. The Kier molecular flexibility index (Phi) is 4.14. The fourth-order valence-electron chi connectivity index (χ4n) is 2.05. The summed E-state index contributed by atoms with van der Waals surface area (Å²) in [5, 5.41) is 10.5. The molecule has 17 heavy (non-hydrogen) atoms. The Morgan fingerprint density at radius 2 is 2.59 bits per heavy atom. The third kappa shape index (κ3) is 3.06. The van der Waals surface area contributed by atoms with Gasteiger partial charge in [0.25, 0.3) is 5.91 Å². The molecular weight excluding hydrogens is 216 g/mol. The van der Waals surface area contributed by atoms with Crippen LogP contribution in [0.15, 0.2) is 12.3 Å². The molecule has 0 spiro atoms. The van der Waals surface area contributed by atoms with Crippen molar-refractivity contribution in [1.82, 2.24) is 20.4 Å². The first-order valence-electron chi connectivity index (χ1n) is 6.35. The van der Waals surface area contributed by atoms with Gasteiger partial charge >= 0.3 is 0 Å². The van der Waals surface area contributed by atoms with Crippen LogP contribution in [0.25, 0.3) is 0 Å². The van der Waals surface area contributed by atoms with Crippen LogP contribution in [-0.4, -0.2) is 35.3 Å². The van der Waals surface area contributed by atoms with Gasteiger partial charge in [0.05, 0.1) is 6.04 Å². The molecule has 0 aromatic carbocycles. The topological polar surface area (TPSA) is 59.0 Å². The van der Waals surface area contributed by atoms with Gasteiger partial charge in [-0.25, -0.2) is 0 Å². The van der Waals surface area contributed by atoms with E-state index in [1.165, 1.54) is 6.42 Å². The maximum atomic E-state index is 11.7. The lowest BCUT2D eigenvalue weighted by Crippen LogP contribution is -2.32. The highest BCUT2D eigenvalue weighted by molar-refractivity contribution is 5.92. The zero-order valence-electron chi connectivity index (χ0n) is 10.3. The molecule has 1 aromatic rings.